The fraction of sp³-hybridized carbons (Fsp3) is 0.0588. The van der Waals surface area contributed by atoms with Crippen LogP contribution in [0.1, 0.15) is 17.3 Å². The molecule has 0 aliphatic carbocycles. The number of hydrogen-bond donors (Lipinski definition) is 1. The number of hydrogen-bond acceptors (Lipinski definition) is 5. The smallest absolute Gasteiger partial charge is 0.274 e. The van der Waals surface area contributed by atoms with Crippen LogP contribution in [0.5, 0.6) is 0 Å². The van der Waals surface area contributed by atoms with E-state index in [1.54, 1.807) is 24.3 Å². The molecule has 1 N–H and O–H groups in total. The Balaban J connectivity index is 1.99. The molecular weight excluding hydrogens is 344 g/mol. The molecule has 8 heteroatoms. The molecule has 0 atom stereocenters. The third-order valence-corrected chi connectivity index (χ3v) is 4.02. The van der Waals surface area contributed by atoms with E-state index >= 15 is 0 Å². The molecule has 0 aliphatic rings. The van der Waals surface area contributed by atoms with E-state index in [1.807, 2.05) is 18.2 Å². The number of halogens is 1. The minimum atomic E-state index is -0.494. The molecule has 0 aliphatic heterocycles. The number of carbonyl (C=O) groups is 1. The van der Waals surface area contributed by atoms with Crippen LogP contribution in [0, 0.1) is 10.1 Å². The number of nitro groups is 1. The van der Waals surface area contributed by atoms with Gasteiger partial charge in [-0.3, -0.25) is 24.9 Å². The first-order valence-corrected chi connectivity index (χ1v) is 7.71. The van der Waals surface area contributed by atoms with Crippen molar-refractivity contribution in [3.63, 3.8) is 0 Å². The maximum atomic E-state index is 11.9. The van der Waals surface area contributed by atoms with Crippen molar-refractivity contribution in [2.24, 2.45) is 5.10 Å². The fourth-order valence-corrected chi connectivity index (χ4v) is 2.92. The number of anilines is 1. The van der Waals surface area contributed by atoms with Crippen LogP contribution in [-0.4, -0.2) is 21.6 Å². The molecule has 0 saturated heterocycles. The predicted octanol–water partition coefficient (Wildman–Crippen LogP) is 4.31. The van der Waals surface area contributed by atoms with Gasteiger partial charge in [0.25, 0.3) is 5.69 Å². The Hall–Kier alpha value is -3.19. The lowest BCUT2D eigenvalue weighted by Crippen LogP contribution is -2.05. The molecule has 0 saturated carbocycles. The zero-order valence-electron chi connectivity index (χ0n) is 13.1. The van der Waals surface area contributed by atoms with E-state index in [9.17, 15) is 14.9 Å². The van der Waals surface area contributed by atoms with Gasteiger partial charge >= 0.3 is 0 Å². The number of fused-ring (bicyclic) bond motifs is 1. The lowest BCUT2D eigenvalue weighted by molar-refractivity contribution is -0.384. The molecule has 0 radical (unpaired) electrons. The summed E-state index contributed by atoms with van der Waals surface area (Å²) in [4.78, 5) is 22.4. The molecule has 3 rings (SSSR count). The Morgan fingerprint density at radius 3 is 2.64 bits per heavy atom. The Morgan fingerprint density at radius 2 is 1.92 bits per heavy atom. The Kier molecular flexibility index (Phi) is 4.49. The van der Waals surface area contributed by atoms with E-state index in [4.69, 9.17) is 11.6 Å². The van der Waals surface area contributed by atoms with Gasteiger partial charge in [-0.1, -0.05) is 41.9 Å². The molecule has 25 heavy (non-hydrogen) atoms. The van der Waals surface area contributed by atoms with Crippen LogP contribution in [0.4, 0.5) is 11.4 Å². The standard InChI is InChI=1S/C17H13ClN4O3/c1-11(23)21-15-8-4-2-6-12(15)13(17(21)18)10-19-20-14-7-3-5-9-16(14)22(24)25/h2-10,20H,1H3. The average Bonchev–Trinajstić information content (AvgIpc) is 2.87. The number of benzene rings is 2. The first-order chi connectivity index (χ1) is 12.0. The maximum absolute atomic E-state index is 11.9. The molecule has 2 aromatic carbocycles. The molecule has 0 spiro atoms. The highest BCUT2D eigenvalue weighted by atomic mass is 35.5. The van der Waals surface area contributed by atoms with Crippen LogP contribution >= 0.6 is 11.6 Å². The number of nitrogens with zero attached hydrogens (tertiary/aromatic N) is 3. The number of rotatable bonds is 4. The summed E-state index contributed by atoms with van der Waals surface area (Å²) < 4.78 is 1.39. The van der Waals surface area contributed by atoms with E-state index in [-0.39, 0.29) is 22.4 Å². The van der Waals surface area contributed by atoms with Crippen molar-refractivity contribution < 1.29 is 9.72 Å². The summed E-state index contributed by atoms with van der Waals surface area (Å²) in [5, 5.41) is 16.1. The highest BCUT2D eigenvalue weighted by Gasteiger charge is 2.17. The van der Waals surface area contributed by atoms with E-state index in [0.717, 1.165) is 5.39 Å². The summed E-state index contributed by atoms with van der Waals surface area (Å²) in [5.74, 6) is -0.215. The van der Waals surface area contributed by atoms with Gasteiger partial charge in [-0.2, -0.15) is 5.10 Å². The third-order valence-electron chi connectivity index (χ3n) is 3.65. The lowest BCUT2D eigenvalue weighted by atomic mass is 10.2. The highest BCUT2D eigenvalue weighted by Crippen LogP contribution is 2.29. The summed E-state index contributed by atoms with van der Waals surface area (Å²) in [5.41, 5.74) is 4.05. The number of nitrogens with one attached hydrogen (secondary N) is 1. The minimum absolute atomic E-state index is 0.0862. The molecular formula is C17H13ClN4O3. The molecule has 126 valence electrons. The highest BCUT2D eigenvalue weighted by molar-refractivity contribution is 6.35. The van der Waals surface area contributed by atoms with E-state index < -0.39 is 4.92 Å². The predicted molar refractivity (Wildman–Crippen MR) is 97.6 cm³/mol. The van der Waals surface area contributed by atoms with Crippen molar-refractivity contribution in [2.45, 2.75) is 6.92 Å². The fourth-order valence-electron chi connectivity index (χ4n) is 2.56. The van der Waals surface area contributed by atoms with Crippen molar-refractivity contribution in [1.82, 2.24) is 4.57 Å². The molecule has 0 unspecified atom stereocenters. The summed E-state index contributed by atoms with van der Waals surface area (Å²) in [6.07, 6.45) is 1.45. The van der Waals surface area contributed by atoms with Crippen molar-refractivity contribution in [3.05, 3.63) is 69.4 Å². The summed E-state index contributed by atoms with van der Waals surface area (Å²) in [7, 11) is 0. The maximum Gasteiger partial charge on any atom is 0.294 e. The second kappa shape index (κ2) is 6.74. The van der Waals surface area contributed by atoms with Gasteiger partial charge in [-0.15, -0.1) is 0 Å². The molecule has 0 amide bonds. The van der Waals surface area contributed by atoms with Gasteiger partial charge in [0.15, 0.2) is 0 Å². The van der Waals surface area contributed by atoms with Crippen molar-refractivity contribution in [3.8, 4) is 0 Å². The monoisotopic (exact) mass is 356 g/mol. The van der Waals surface area contributed by atoms with Gasteiger partial charge in [0.2, 0.25) is 5.91 Å². The van der Waals surface area contributed by atoms with Crippen LogP contribution < -0.4 is 5.43 Å². The van der Waals surface area contributed by atoms with Gasteiger partial charge in [-0.05, 0) is 12.1 Å². The third kappa shape index (κ3) is 3.09. The second-order valence-electron chi connectivity index (χ2n) is 5.22. The SMILES string of the molecule is CC(=O)n1c(Cl)c(C=NNc2ccccc2[N+](=O)[O-])c2ccccc21. The topological polar surface area (TPSA) is 89.5 Å². The number of hydrazone groups is 1. The van der Waals surface area contributed by atoms with Crippen molar-refractivity contribution in [2.75, 3.05) is 5.43 Å². The van der Waals surface area contributed by atoms with E-state index in [0.29, 0.717) is 11.1 Å². The molecule has 0 bridgehead atoms. The summed E-state index contributed by atoms with van der Waals surface area (Å²) in [6.45, 7) is 1.42. The lowest BCUT2D eigenvalue weighted by Gasteiger charge is -2.01. The van der Waals surface area contributed by atoms with Gasteiger partial charge in [0.05, 0.1) is 16.7 Å². The normalized spacial score (nSPS) is 11.1. The number of nitro benzene ring substituents is 1. The largest absolute Gasteiger partial charge is 0.294 e. The molecule has 3 aromatic rings. The zero-order valence-corrected chi connectivity index (χ0v) is 13.9. The Labute approximate surface area is 147 Å². The zero-order chi connectivity index (χ0) is 18.0. The van der Waals surface area contributed by atoms with Gasteiger partial charge < -0.3 is 0 Å². The average molecular weight is 357 g/mol. The molecule has 7 nitrogen and oxygen atoms in total. The van der Waals surface area contributed by atoms with Crippen LogP contribution in [0.15, 0.2) is 53.6 Å². The van der Waals surface area contributed by atoms with Gasteiger partial charge in [-0.25, -0.2) is 0 Å². The molecule has 1 heterocycles. The van der Waals surface area contributed by atoms with E-state index in [2.05, 4.69) is 10.5 Å². The number of para-hydroxylation sites is 3. The second-order valence-corrected chi connectivity index (χ2v) is 5.58. The van der Waals surface area contributed by atoms with Crippen molar-refractivity contribution in [1.29, 1.82) is 0 Å². The van der Waals surface area contributed by atoms with Crippen molar-refractivity contribution >= 4 is 46.0 Å². The van der Waals surface area contributed by atoms with Crippen LogP contribution in [0.3, 0.4) is 0 Å². The first kappa shape index (κ1) is 16.7. The van der Waals surface area contributed by atoms with E-state index in [1.165, 1.54) is 23.8 Å². The van der Waals surface area contributed by atoms with Crippen LogP contribution in [0.2, 0.25) is 5.15 Å². The number of carbonyl (C=O) groups excluding carboxylic acids is 1. The quantitative estimate of drug-likeness (QED) is 0.428. The van der Waals surface area contributed by atoms with Gasteiger partial charge in [0, 0.05) is 23.9 Å². The molecule has 0 fully saturated rings. The van der Waals surface area contributed by atoms with Gasteiger partial charge in [0.1, 0.15) is 10.8 Å². The minimum Gasteiger partial charge on any atom is -0.274 e. The molecule has 1 aromatic heterocycles. The first-order valence-electron chi connectivity index (χ1n) is 7.33. The summed E-state index contributed by atoms with van der Waals surface area (Å²) in [6, 6.07) is 13.4. The van der Waals surface area contributed by atoms with Crippen LogP contribution in [0.25, 0.3) is 10.9 Å². The summed E-state index contributed by atoms with van der Waals surface area (Å²) >= 11 is 6.33. The Morgan fingerprint density at radius 1 is 1.24 bits per heavy atom. The van der Waals surface area contributed by atoms with Crippen LogP contribution in [-0.2, 0) is 0 Å². The number of aromatic nitrogens is 1. The Bertz CT molecular complexity index is 1010.